The molecule has 0 aliphatic heterocycles. The van der Waals surface area contributed by atoms with Crippen molar-refractivity contribution in [2.24, 2.45) is 5.73 Å². The predicted molar refractivity (Wildman–Crippen MR) is 72.3 cm³/mol. The van der Waals surface area contributed by atoms with Gasteiger partial charge in [0.15, 0.2) is 0 Å². The number of halogens is 1. The fourth-order valence-electron chi connectivity index (χ4n) is 2.25. The van der Waals surface area contributed by atoms with E-state index in [0.29, 0.717) is 23.0 Å². The van der Waals surface area contributed by atoms with Crippen LogP contribution >= 0.6 is 11.6 Å². The summed E-state index contributed by atoms with van der Waals surface area (Å²) in [4.78, 5) is 11.3. The Morgan fingerprint density at radius 1 is 1.56 bits per heavy atom. The van der Waals surface area contributed by atoms with Crippen LogP contribution in [0.1, 0.15) is 25.3 Å². The summed E-state index contributed by atoms with van der Waals surface area (Å²) in [6, 6.07) is 3.54. The normalized spacial score (nSPS) is 16.2. The van der Waals surface area contributed by atoms with Gasteiger partial charge in [0.25, 0.3) is 0 Å². The van der Waals surface area contributed by atoms with E-state index < -0.39 is 0 Å². The molecule has 0 bridgehead atoms. The summed E-state index contributed by atoms with van der Waals surface area (Å²) >= 11 is 6.28. The van der Waals surface area contributed by atoms with Crippen LogP contribution in [0.4, 0.5) is 5.69 Å². The second kappa shape index (κ2) is 4.78. The van der Waals surface area contributed by atoms with Crippen LogP contribution in [0.15, 0.2) is 12.1 Å². The van der Waals surface area contributed by atoms with Crippen molar-refractivity contribution in [3.63, 3.8) is 0 Å². The number of rotatable bonds is 4. The highest BCUT2D eigenvalue weighted by Gasteiger charge is 2.46. The van der Waals surface area contributed by atoms with E-state index in [1.807, 2.05) is 0 Å². The second-order valence-corrected chi connectivity index (χ2v) is 5.07. The minimum atomic E-state index is -0.148. The number of carbonyl (C=O) groups is 1. The zero-order valence-electron chi connectivity index (χ0n) is 10.5. The van der Waals surface area contributed by atoms with Gasteiger partial charge < -0.3 is 15.8 Å². The van der Waals surface area contributed by atoms with E-state index in [1.54, 1.807) is 19.2 Å². The molecule has 2 rings (SSSR count). The molecule has 0 heterocycles. The lowest BCUT2D eigenvalue weighted by molar-refractivity contribution is -0.114. The van der Waals surface area contributed by atoms with E-state index in [0.717, 1.165) is 18.4 Å². The first-order chi connectivity index (χ1) is 8.54. The first kappa shape index (κ1) is 13.2. The quantitative estimate of drug-likeness (QED) is 0.881. The van der Waals surface area contributed by atoms with Crippen LogP contribution in [-0.2, 0) is 10.2 Å². The summed E-state index contributed by atoms with van der Waals surface area (Å²) in [6.45, 7) is 1.98. The molecule has 98 valence electrons. The molecule has 0 radical (unpaired) electrons. The number of ether oxygens (including phenoxy) is 1. The van der Waals surface area contributed by atoms with Gasteiger partial charge >= 0.3 is 0 Å². The molecule has 1 saturated carbocycles. The van der Waals surface area contributed by atoms with Gasteiger partial charge in [-0.05, 0) is 25.0 Å². The lowest BCUT2D eigenvalue weighted by atomic mass is 9.93. The highest BCUT2D eigenvalue weighted by Crippen LogP contribution is 2.54. The Kier molecular flexibility index (Phi) is 3.50. The van der Waals surface area contributed by atoms with Crippen molar-refractivity contribution in [2.75, 3.05) is 19.0 Å². The molecule has 1 aromatic carbocycles. The van der Waals surface area contributed by atoms with Gasteiger partial charge in [-0.1, -0.05) is 11.6 Å². The molecular weight excluding hydrogens is 252 g/mol. The van der Waals surface area contributed by atoms with Crippen LogP contribution in [0.25, 0.3) is 0 Å². The van der Waals surface area contributed by atoms with E-state index in [9.17, 15) is 4.79 Å². The summed E-state index contributed by atoms with van der Waals surface area (Å²) in [7, 11) is 1.57. The summed E-state index contributed by atoms with van der Waals surface area (Å²) in [6.07, 6.45) is 1.98. The summed E-state index contributed by atoms with van der Waals surface area (Å²) in [5.74, 6) is 0.467. The van der Waals surface area contributed by atoms with Crippen molar-refractivity contribution < 1.29 is 9.53 Å². The maximum absolute atomic E-state index is 11.3. The van der Waals surface area contributed by atoms with E-state index in [-0.39, 0.29) is 11.3 Å². The number of methoxy groups -OCH3 is 1. The Bertz CT molecular complexity index is 484. The standard InChI is InChI=1S/C13H17ClN2O2/c1-8(17)16-12-10(18-2)4-3-9(14)11(12)13(7-15)5-6-13/h3-4H,5-7,15H2,1-2H3,(H,16,17). The number of nitrogens with two attached hydrogens (primary N) is 1. The predicted octanol–water partition coefficient (Wildman–Crippen LogP) is 2.30. The third-order valence-electron chi connectivity index (χ3n) is 3.41. The van der Waals surface area contributed by atoms with E-state index in [2.05, 4.69) is 5.32 Å². The van der Waals surface area contributed by atoms with Crippen molar-refractivity contribution in [3.05, 3.63) is 22.7 Å². The zero-order valence-corrected chi connectivity index (χ0v) is 11.3. The fraction of sp³-hybridized carbons (Fsp3) is 0.462. The molecule has 0 atom stereocenters. The van der Waals surface area contributed by atoms with E-state index in [4.69, 9.17) is 22.1 Å². The van der Waals surface area contributed by atoms with Crippen molar-refractivity contribution >= 4 is 23.2 Å². The van der Waals surface area contributed by atoms with Crippen LogP contribution < -0.4 is 15.8 Å². The highest BCUT2D eigenvalue weighted by atomic mass is 35.5. The van der Waals surface area contributed by atoms with Gasteiger partial charge in [-0.2, -0.15) is 0 Å². The van der Waals surface area contributed by atoms with Gasteiger partial charge in [0.2, 0.25) is 5.91 Å². The van der Waals surface area contributed by atoms with Gasteiger partial charge in [0.05, 0.1) is 12.8 Å². The summed E-state index contributed by atoms with van der Waals surface area (Å²) in [5.41, 5.74) is 7.30. The van der Waals surface area contributed by atoms with Crippen molar-refractivity contribution in [1.29, 1.82) is 0 Å². The minimum absolute atomic E-state index is 0.108. The Morgan fingerprint density at radius 2 is 2.22 bits per heavy atom. The molecule has 1 amide bonds. The molecule has 0 aromatic heterocycles. The van der Waals surface area contributed by atoms with Gasteiger partial charge in [-0.15, -0.1) is 0 Å². The lowest BCUT2D eigenvalue weighted by Crippen LogP contribution is -2.23. The molecule has 1 aliphatic rings. The largest absolute Gasteiger partial charge is 0.495 e. The van der Waals surface area contributed by atoms with Crippen LogP contribution in [-0.4, -0.2) is 19.6 Å². The molecule has 0 saturated heterocycles. The second-order valence-electron chi connectivity index (χ2n) is 4.67. The minimum Gasteiger partial charge on any atom is -0.495 e. The van der Waals surface area contributed by atoms with Crippen LogP contribution in [0.3, 0.4) is 0 Å². The maximum atomic E-state index is 11.3. The molecule has 0 spiro atoms. The Labute approximate surface area is 111 Å². The number of benzene rings is 1. The molecule has 5 heteroatoms. The topological polar surface area (TPSA) is 64.3 Å². The molecule has 1 aromatic rings. The Morgan fingerprint density at radius 3 is 2.67 bits per heavy atom. The van der Waals surface area contributed by atoms with Crippen molar-refractivity contribution in [3.8, 4) is 5.75 Å². The number of anilines is 1. The van der Waals surface area contributed by atoms with Crippen LogP contribution in [0.2, 0.25) is 5.02 Å². The third kappa shape index (κ3) is 2.18. The smallest absolute Gasteiger partial charge is 0.221 e. The monoisotopic (exact) mass is 268 g/mol. The first-order valence-corrected chi connectivity index (χ1v) is 6.26. The SMILES string of the molecule is COc1ccc(Cl)c(C2(CN)CC2)c1NC(C)=O. The number of nitrogens with one attached hydrogen (secondary N) is 1. The lowest BCUT2D eigenvalue weighted by Gasteiger charge is -2.21. The van der Waals surface area contributed by atoms with Crippen molar-refractivity contribution in [1.82, 2.24) is 0 Å². The fourth-order valence-corrected chi connectivity index (χ4v) is 2.61. The number of hydrogen-bond acceptors (Lipinski definition) is 3. The molecule has 4 nitrogen and oxygen atoms in total. The van der Waals surface area contributed by atoms with Crippen molar-refractivity contribution in [2.45, 2.75) is 25.2 Å². The maximum Gasteiger partial charge on any atom is 0.221 e. The molecule has 3 N–H and O–H groups in total. The summed E-state index contributed by atoms with van der Waals surface area (Å²) < 4.78 is 5.30. The Hall–Kier alpha value is -1.26. The zero-order chi connectivity index (χ0) is 13.3. The average molecular weight is 269 g/mol. The molecule has 0 unspecified atom stereocenters. The van der Waals surface area contributed by atoms with Crippen LogP contribution in [0.5, 0.6) is 5.75 Å². The average Bonchev–Trinajstić information content (AvgIpc) is 3.10. The summed E-state index contributed by atoms with van der Waals surface area (Å²) in [5, 5.41) is 3.44. The Balaban J connectivity index is 2.57. The number of hydrogen-bond donors (Lipinski definition) is 2. The molecular formula is C13H17ClN2O2. The van der Waals surface area contributed by atoms with Gasteiger partial charge in [0, 0.05) is 29.5 Å². The van der Waals surface area contributed by atoms with E-state index >= 15 is 0 Å². The first-order valence-electron chi connectivity index (χ1n) is 5.89. The van der Waals surface area contributed by atoms with Gasteiger partial charge in [-0.3, -0.25) is 4.79 Å². The third-order valence-corrected chi connectivity index (χ3v) is 3.73. The number of carbonyl (C=O) groups excluding carboxylic acids is 1. The highest BCUT2D eigenvalue weighted by molar-refractivity contribution is 6.32. The molecule has 1 aliphatic carbocycles. The number of amides is 1. The van der Waals surface area contributed by atoms with Gasteiger partial charge in [0.1, 0.15) is 5.75 Å². The van der Waals surface area contributed by atoms with Gasteiger partial charge in [-0.25, -0.2) is 0 Å². The molecule has 18 heavy (non-hydrogen) atoms. The molecule has 1 fully saturated rings. The van der Waals surface area contributed by atoms with Crippen LogP contribution in [0, 0.1) is 0 Å². The van der Waals surface area contributed by atoms with E-state index in [1.165, 1.54) is 6.92 Å².